The average Bonchev–Trinajstić information content (AvgIpc) is 2.91. The lowest BCUT2D eigenvalue weighted by molar-refractivity contribution is -0.141. The van der Waals surface area contributed by atoms with Crippen LogP contribution in [0.3, 0.4) is 0 Å². The Labute approximate surface area is 224 Å². The van der Waals surface area contributed by atoms with Crippen LogP contribution in [-0.4, -0.2) is 34.9 Å². The summed E-state index contributed by atoms with van der Waals surface area (Å²) in [6, 6.07) is 19.3. The maximum absolute atomic E-state index is 13.4. The summed E-state index contributed by atoms with van der Waals surface area (Å²) in [6.45, 7) is -0.130. The van der Waals surface area contributed by atoms with Gasteiger partial charge in [0.2, 0.25) is 0 Å². The number of benzene rings is 2. The van der Waals surface area contributed by atoms with E-state index < -0.39 is 30.2 Å². The molecule has 2 amide bonds. The lowest BCUT2D eigenvalue weighted by Gasteiger charge is -2.41. The first-order chi connectivity index (χ1) is 18.2. The molecule has 12 heteroatoms. The minimum atomic E-state index is -4.72. The molecule has 0 fully saturated rings. The maximum Gasteiger partial charge on any atom is 0.433 e. The molecule has 198 valence electrons. The molecule has 0 saturated heterocycles. The van der Waals surface area contributed by atoms with Crippen molar-refractivity contribution < 1.29 is 32.2 Å². The van der Waals surface area contributed by atoms with Crippen LogP contribution >= 0.6 is 15.9 Å². The average molecular weight is 591 g/mol. The van der Waals surface area contributed by atoms with Gasteiger partial charge in [0, 0.05) is 4.47 Å². The number of amides is 2. The van der Waals surface area contributed by atoms with Gasteiger partial charge in [-0.1, -0.05) is 70.5 Å². The number of hydrazine groups is 1. The Hall–Kier alpha value is -4.06. The molecule has 2 heterocycles. The number of pyridine rings is 1. The first-order valence-corrected chi connectivity index (χ1v) is 12.2. The summed E-state index contributed by atoms with van der Waals surface area (Å²) in [5, 5.41) is 4.75. The van der Waals surface area contributed by atoms with Crippen molar-refractivity contribution in [1.29, 1.82) is 0 Å². The number of anilines is 1. The molecule has 1 aliphatic heterocycles. The molecular weight excluding hydrogens is 569 g/mol. The number of halogens is 4. The standard InChI is InChI=1S/C26H22BrF3N4O4/c27-20-13-11-19(12-14-20)16-37-24(35)32-23-10-5-15-33(25(36)38-17-18-6-2-1-3-7-18)34(23)22-9-4-8-21(31-22)26(28,29)30/h1-14,23H,15-17H2,(H,32,35)/t23-/m1/s1. The van der Waals surface area contributed by atoms with Crippen molar-refractivity contribution >= 4 is 33.9 Å². The van der Waals surface area contributed by atoms with Gasteiger partial charge in [-0.2, -0.15) is 13.2 Å². The normalized spacial score (nSPS) is 15.2. The minimum absolute atomic E-state index is 0.0301. The van der Waals surface area contributed by atoms with Gasteiger partial charge in [0.25, 0.3) is 0 Å². The number of rotatable bonds is 6. The summed E-state index contributed by atoms with van der Waals surface area (Å²) < 4.78 is 51.7. The molecule has 1 N–H and O–H groups in total. The molecule has 1 atom stereocenters. The highest BCUT2D eigenvalue weighted by Gasteiger charge is 2.36. The zero-order valence-corrected chi connectivity index (χ0v) is 21.4. The quantitative estimate of drug-likeness (QED) is 0.352. The van der Waals surface area contributed by atoms with Crippen molar-refractivity contribution in [1.82, 2.24) is 15.3 Å². The Bertz CT molecular complexity index is 1290. The number of nitrogens with zero attached hydrogens (tertiary/aromatic N) is 3. The van der Waals surface area contributed by atoms with E-state index in [-0.39, 0.29) is 25.6 Å². The van der Waals surface area contributed by atoms with E-state index in [0.29, 0.717) is 0 Å². The van der Waals surface area contributed by atoms with Crippen LogP contribution in [0, 0.1) is 0 Å². The van der Waals surface area contributed by atoms with Crippen molar-refractivity contribution in [2.45, 2.75) is 25.6 Å². The molecule has 3 aromatic rings. The molecule has 0 radical (unpaired) electrons. The molecule has 8 nitrogen and oxygen atoms in total. The number of alkyl halides is 3. The number of hydrogen-bond donors (Lipinski definition) is 1. The summed E-state index contributed by atoms with van der Waals surface area (Å²) in [6.07, 6.45) is -4.41. The van der Waals surface area contributed by atoms with Crippen molar-refractivity contribution in [3.63, 3.8) is 0 Å². The first kappa shape index (κ1) is 27.0. The zero-order valence-electron chi connectivity index (χ0n) is 19.8. The van der Waals surface area contributed by atoms with Gasteiger partial charge in [-0.25, -0.2) is 24.6 Å². The van der Waals surface area contributed by atoms with Crippen LogP contribution in [0.15, 0.2) is 89.4 Å². The molecule has 38 heavy (non-hydrogen) atoms. The third kappa shape index (κ3) is 7.03. The van der Waals surface area contributed by atoms with Crippen LogP contribution in [0.2, 0.25) is 0 Å². The van der Waals surface area contributed by atoms with Gasteiger partial charge in [0.15, 0.2) is 0 Å². The summed E-state index contributed by atoms with van der Waals surface area (Å²) in [7, 11) is 0. The Morgan fingerprint density at radius 3 is 2.34 bits per heavy atom. The predicted octanol–water partition coefficient (Wildman–Crippen LogP) is 6.05. The smallest absolute Gasteiger partial charge is 0.433 e. The van der Waals surface area contributed by atoms with Crippen LogP contribution in [-0.2, 0) is 28.9 Å². The third-order valence-corrected chi connectivity index (χ3v) is 5.87. The largest absolute Gasteiger partial charge is 0.445 e. The molecular formula is C26H22BrF3N4O4. The van der Waals surface area contributed by atoms with Crippen LogP contribution in [0.5, 0.6) is 0 Å². The number of carbonyl (C=O) groups excluding carboxylic acids is 2. The maximum atomic E-state index is 13.4. The van der Waals surface area contributed by atoms with Crippen molar-refractivity contribution in [3.8, 4) is 0 Å². The number of carbonyl (C=O) groups is 2. The number of nitrogens with one attached hydrogen (secondary N) is 1. The van der Waals surface area contributed by atoms with Gasteiger partial charge >= 0.3 is 18.4 Å². The number of aromatic nitrogens is 1. The molecule has 0 saturated carbocycles. The highest BCUT2D eigenvalue weighted by Crippen LogP contribution is 2.30. The second-order valence-corrected chi connectivity index (χ2v) is 8.98. The molecule has 0 spiro atoms. The van der Waals surface area contributed by atoms with Crippen molar-refractivity contribution in [2.75, 3.05) is 11.6 Å². The summed E-state index contributed by atoms with van der Waals surface area (Å²) in [5.41, 5.74) is 0.298. The lowest BCUT2D eigenvalue weighted by Crippen LogP contribution is -2.60. The Morgan fingerprint density at radius 2 is 1.63 bits per heavy atom. The Balaban J connectivity index is 1.54. The zero-order chi connectivity index (χ0) is 27.1. The van der Waals surface area contributed by atoms with E-state index in [1.165, 1.54) is 18.2 Å². The highest BCUT2D eigenvalue weighted by atomic mass is 79.9. The topological polar surface area (TPSA) is 84.0 Å². The second kappa shape index (κ2) is 12.0. The summed E-state index contributed by atoms with van der Waals surface area (Å²) >= 11 is 3.33. The predicted molar refractivity (Wildman–Crippen MR) is 135 cm³/mol. The van der Waals surface area contributed by atoms with E-state index in [1.807, 2.05) is 6.07 Å². The van der Waals surface area contributed by atoms with E-state index >= 15 is 0 Å². The second-order valence-electron chi connectivity index (χ2n) is 8.07. The van der Waals surface area contributed by atoms with Gasteiger partial charge in [0.1, 0.15) is 30.9 Å². The fraction of sp³-hybridized carbons (Fsp3) is 0.192. The summed E-state index contributed by atoms with van der Waals surface area (Å²) in [4.78, 5) is 29.3. The lowest BCUT2D eigenvalue weighted by atomic mass is 10.2. The fourth-order valence-electron chi connectivity index (χ4n) is 3.54. The van der Waals surface area contributed by atoms with E-state index in [0.717, 1.165) is 31.7 Å². The third-order valence-electron chi connectivity index (χ3n) is 5.34. The van der Waals surface area contributed by atoms with Crippen LogP contribution in [0.1, 0.15) is 16.8 Å². The van der Waals surface area contributed by atoms with Crippen LogP contribution in [0.4, 0.5) is 28.6 Å². The van der Waals surface area contributed by atoms with E-state index in [1.54, 1.807) is 54.6 Å². The van der Waals surface area contributed by atoms with Crippen molar-refractivity contribution in [2.24, 2.45) is 0 Å². The molecule has 1 aromatic heterocycles. The monoisotopic (exact) mass is 590 g/mol. The van der Waals surface area contributed by atoms with Gasteiger partial charge in [-0.15, -0.1) is 0 Å². The fourth-order valence-corrected chi connectivity index (χ4v) is 3.81. The first-order valence-electron chi connectivity index (χ1n) is 11.4. The Morgan fingerprint density at radius 1 is 0.947 bits per heavy atom. The van der Waals surface area contributed by atoms with E-state index in [2.05, 4.69) is 26.2 Å². The van der Waals surface area contributed by atoms with E-state index in [9.17, 15) is 22.8 Å². The minimum Gasteiger partial charge on any atom is -0.445 e. The molecule has 4 rings (SSSR count). The molecule has 0 bridgehead atoms. The number of ether oxygens (including phenoxy) is 2. The molecule has 2 aromatic carbocycles. The van der Waals surface area contributed by atoms with Crippen LogP contribution < -0.4 is 10.3 Å². The van der Waals surface area contributed by atoms with Gasteiger partial charge < -0.3 is 9.47 Å². The van der Waals surface area contributed by atoms with Crippen LogP contribution in [0.25, 0.3) is 0 Å². The van der Waals surface area contributed by atoms with Gasteiger partial charge in [0.05, 0.1) is 6.54 Å². The summed E-state index contributed by atoms with van der Waals surface area (Å²) in [5.74, 6) is -0.223. The number of alkyl carbamates (subject to hydrolysis) is 1. The SMILES string of the molecule is O=C(N[C@H]1C=CCN(C(=O)OCc2ccccc2)N1c1cccc(C(F)(F)F)n1)OCc1ccc(Br)cc1. The number of hydrogen-bond acceptors (Lipinski definition) is 6. The van der Waals surface area contributed by atoms with Gasteiger partial charge in [-0.05, 0) is 41.5 Å². The van der Waals surface area contributed by atoms with E-state index in [4.69, 9.17) is 9.47 Å². The van der Waals surface area contributed by atoms with Crippen molar-refractivity contribution in [3.05, 3.63) is 106 Å². The van der Waals surface area contributed by atoms with Gasteiger partial charge in [-0.3, -0.25) is 5.32 Å². The molecule has 1 aliphatic rings. The highest BCUT2D eigenvalue weighted by molar-refractivity contribution is 9.10. The molecule has 0 aliphatic carbocycles. The molecule has 0 unspecified atom stereocenters. The Kier molecular flexibility index (Phi) is 8.52.